The first-order valence-corrected chi connectivity index (χ1v) is 8.30. The van der Waals surface area contributed by atoms with Gasteiger partial charge in [-0.3, -0.25) is 0 Å². The van der Waals surface area contributed by atoms with Gasteiger partial charge in [0.15, 0.2) is 6.23 Å². The summed E-state index contributed by atoms with van der Waals surface area (Å²) in [6, 6.07) is 9.60. The van der Waals surface area contributed by atoms with Crippen molar-refractivity contribution in [2.24, 2.45) is 0 Å². The SMILES string of the molecule is Nc1ncnc2c1c(C#Cc1ccccc1)cn2C1O[C@H](CO)C[C@H]1O. The topological polar surface area (TPSA) is 106 Å². The maximum atomic E-state index is 10.3. The molecule has 3 heterocycles. The lowest BCUT2D eigenvalue weighted by atomic mass is 10.2. The fraction of sp³-hybridized carbons (Fsp3) is 0.263. The number of anilines is 1. The zero-order chi connectivity index (χ0) is 18.1. The van der Waals surface area contributed by atoms with Crippen LogP contribution >= 0.6 is 0 Å². The number of ether oxygens (including phenoxy) is 1. The van der Waals surface area contributed by atoms with Crippen molar-refractivity contribution in [3.8, 4) is 11.8 Å². The number of hydrogen-bond acceptors (Lipinski definition) is 6. The summed E-state index contributed by atoms with van der Waals surface area (Å²) in [5.74, 6) is 6.53. The third-order valence-electron chi connectivity index (χ3n) is 4.40. The maximum Gasteiger partial charge on any atom is 0.161 e. The van der Waals surface area contributed by atoms with Gasteiger partial charge < -0.3 is 25.3 Å². The Morgan fingerprint density at radius 2 is 2.04 bits per heavy atom. The highest BCUT2D eigenvalue weighted by atomic mass is 16.5. The highest BCUT2D eigenvalue weighted by Crippen LogP contribution is 2.33. The summed E-state index contributed by atoms with van der Waals surface area (Å²) in [6.07, 6.45) is 1.66. The van der Waals surface area contributed by atoms with Crippen molar-refractivity contribution in [1.29, 1.82) is 0 Å². The lowest BCUT2D eigenvalue weighted by Gasteiger charge is -2.17. The molecule has 0 bridgehead atoms. The van der Waals surface area contributed by atoms with Crippen LogP contribution < -0.4 is 5.73 Å². The summed E-state index contributed by atoms with van der Waals surface area (Å²) in [6.45, 7) is -0.148. The summed E-state index contributed by atoms with van der Waals surface area (Å²) < 4.78 is 7.46. The molecule has 4 N–H and O–H groups in total. The molecule has 1 aromatic carbocycles. The Labute approximate surface area is 150 Å². The number of fused-ring (bicyclic) bond motifs is 1. The van der Waals surface area contributed by atoms with Gasteiger partial charge in [-0.25, -0.2) is 9.97 Å². The number of benzene rings is 1. The van der Waals surface area contributed by atoms with Crippen molar-refractivity contribution >= 4 is 16.9 Å². The van der Waals surface area contributed by atoms with Gasteiger partial charge in [0.05, 0.1) is 23.7 Å². The predicted octanol–water partition coefficient (Wildman–Crippen LogP) is 1.05. The Morgan fingerprint density at radius 3 is 2.77 bits per heavy atom. The molecule has 1 saturated heterocycles. The Hall–Kier alpha value is -2.92. The Morgan fingerprint density at radius 1 is 1.23 bits per heavy atom. The molecule has 132 valence electrons. The molecule has 1 unspecified atom stereocenters. The monoisotopic (exact) mass is 350 g/mol. The van der Waals surface area contributed by atoms with E-state index >= 15 is 0 Å². The normalized spacial score (nSPS) is 22.3. The van der Waals surface area contributed by atoms with Crippen molar-refractivity contribution in [3.63, 3.8) is 0 Å². The number of nitrogens with zero attached hydrogens (tertiary/aromatic N) is 3. The van der Waals surface area contributed by atoms with E-state index in [-0.39, 0.29) is 6.61 Å². The number of aromatic nitrogens is 3. The number of nitrogen functional groups attached to an aromatic ring is 1. The Kier molecular flexibility index (Phi) is 4.31. The standard InChI is InChI=1S/C19H18N4O3/c20-17-16-13(7-6-12-4-2-1-3-5-12)9-23(18(16)22-11-21-17)19-15(25)8-14(10-24)26-19/h1-5,9,11,14-15,19,24-25H,8,10H2,(H2,20,21,22)/t14-,15+,19?/m0/s1. The van der Waals surface area contributed by atoms with Gasteiger partial charge in [-0.1, -0.05) is 30.0 Å². The molecule has 1 fully saturated rings. The molecular formula is C19H18N4O3. The van der Waals surface area contributed by atoms with E-state index in [0.29, 0.717) is 28.8 Å². The Bertz CT molecular complexity index is 990. The van der Waals surface area contributed by atoms with Gasteiger partial charge in [0.2, 0.25) is 0 Å². The van der Waals surface area contributed by atoms with Crippen LogP contribution in [-0.4, -0.2) is 43.6 Å². The second kappa shape index (κ2) is 6.77. The molecule has 0 amide bonds. The molecule has 2 aromatic heterocycles. The highest BCUT2D eigenvalue weighted by Gasteiger charge is 2.36. The fourth-order valence-corrected chi connectivity index (χ4v) is 3.16. The van der Waals surface area contributed by atoms with Gasteiger partial charge in [0, 0.05) is 18.2 Å². The molecule has 1 aliphatic rings. The van der Waals surface area contributed by atoms with Crippen LogP contribution in [0.1, 0.15) is 23.8 Å². The quantitative estimate of drug-likeness (QED) is 0.597. The molecule has 3 aromatic rings. The third kappa shape index (κ3) is 2.91. The largest absolute Gasteiger partial charge is 0.394 e. The number of nitrogens with two attached hydrogens (primary N) is 1. The number of rotatable bonds is 2. The number of aliphatic hydroxyl groups excluding tert-OH is 2. The predicted molar refractivity (Wildman–Crippen MR) is 96.0 cm³/mol. The molecule has 1 aliphatic heterocycles. The molecule has 3 atom stereocenters. The van der Waals surface area contributed by atoms with Gasteiger partial charge in [-0.05, 0) is 12.1 Å². The van der Waals surface area contributed by atoms with Crippen molar-refractivity contribution in [3.05, 3.63) is 54.0 Å². The van der Waals surface area contributed by atoms with Crippen molar-refractivity contribution < 1.29 is 14.9 Å². The van der Waals surface area contributed by atoms with Crippen molar-refractivity contribution in [1.82, 2.24) is 14.5 Å². The number of aliphatic hydroxyl groups is 2. The second-order valence-corrected chi connectivity index (χ2v) is 6.16. The molecule has 7 nitrogen and oxygen atoms in total. The summed E-state index contributed by atoms with van der Waals surface area (Å²) in [5, 5.41) is 20.3. The van der Waals surface area contributed by atoms with Gasteiger partial charge in [-0.15, -0.1) is 0 Å². The second-order valence-electron chi connectivity index (χ2n) is 6.16. The maximum absolute atomic E-state index is 10.3. The van der Waals surface area contributed by atoms with E-state index < -0.39 is 18.4 Å². The lowest BCUT2D eigenvalue weighted by Crippen LogP contribution is -2.19. The van der Waals surface area contributed by atoms with Crippen LogP contribution in [-0.2, 0) is 4.74 Å². The molecule has 4 rings (SSSR count). The minimum absolute atomic E-state index is 0.148. The molecule has 7 heteroatoms. The smallest absolute Gasteiger partial charge is 0.161 e. The van der Waals surface area contributed by atoms with Crippen LogP contribution in [0, 0.1) is 11.8 Å². The summed E-state index contributed by atoms with van der Waals surface area (Å²) in [4.78, 5) is 8.35. The van der Waals surface area contributed by atoms with E-state index in [1.54, 1.807) is 10.8 Å². The van der Waals surface area contributed by atoms with E-state index in [9.17, 15) is 10.2 Å². The average Bonchev–Trinajstić information content (AvgIpc) is 3.22. The van der Waals surface area contributed by atoms with Crippen molar-refractivity contribution in [2.75, 3.05) is 12.3 Å². The zero-order valence-corrected chi connectivity index (χ0v) is 13.9. The molecule has 26 heavy (non-hydrogen) atoms. The molecule has 0 radical (unpaired) electrons. The van der Waals surface area contributed by atoms with Gasteiger partial charge in [-0.2, -0.15) is 0 Å². The van der Waals surface area contributed by atoms with Gasteiger partial charge in [0.25, 0.3) is 0 Å². The zero-order valence-electron chi connectivity index (χ0n) is 13.9. The molecule has 0 saturated carbocycles. The average molecular weight is 350 g/mol. The first kappa shape index (κ1) is 16.5. The van der Waals surface area contributed by atoms with Gasteiger partial charge >= 0.3 is 0 Å². The van der Waals surface area contributed by atoms with Gasteiger partial charge in [0.1, 0.15) is 23.9 Å². The molecule has 0 spiro atoms. The van der Waals surface area contributed by atoms with Crippen LogP contribution in [0.5, 0.6) is 0 Å². The van der Waals surface area contributed by atoms with Crippen LogP contribution in [0.3, 0.4) is 0 Å². The first-order valence-electron chi connectivity index (χ1n) is 8.30. The molecular weight excluding hydrogens is 332 g/mol. The van der Waals surface area contributed by atoms with Crippen molar-refractivity contribution in [2.45, 2.75) is 24.9 Å². The summed E-state index contributed by atoms with van der Waals surface area (Å²) in [7, 11) is 0. The third-order valence-corrected chi connectivity index (χ3v) is 4.40. The van der Waals surface area contributed by atoms with Crippen LogP contribution in [0.15, 0.2) is 42.9 Å². The van der Waals surface area contributed by atoms with Crippen LogP contribution in [0.4, 0.5) is 5.82 Å². The van der Waals surface area contributed by atoms with E-state index in [1.807, 2.05) is 30.3 Å². The van der Waals surface area contributed by atoms with Crippen LogP contribution in [0.25, 0.3) is 11.0 Å². The van der Waals surface area contributed by atoms with E-state index in [1.165, 1.54) is 6.33 Å². The summed E-state index contributed by atoms with van der Waals surface area (Å²) >= 11 is 0. The first-order chi connectivity index (χ1) is 12.7. The van der Waals surface area contributed by atoms with E-state index in [2.05, 4.69) is 21.8 Å². The number of hydrogen-bond donors (Lipinski definition) is 3. The molecule has 0 aliphatic carbocycles. The fourth-order valence-electron chi connectivity index (χ4n) is 3.16. The minimum Gasteiger partial charge on any atom is -0.394 e. The minimum atomic E-state index is -0.756. The Balaban J connectivity index is 1.81. The van der Waals surface area contributed by atoms with Crippen LogP contribution in [0.2, 0.25) is 0 Å². The van der Waals surface area contributed by atoms with E-state index in [4.69, 9.17) is 10.5 Å². The summed E-state index contributed by atoms with van der Waals surface area (Å²) in [5.41, 5.74) is 8.12. The highest BCUT2D eigenvalue weighted by molar-refractivity contribution is 5.92. The lowest BCUT2D eigenvalue weighted by molar-refractivity contribution is -0.0484. The van der Waals surface area contributed by atoms with E-state index in [0.717, 1.165) is 5.56 Å².